The van der Waals surface area contributed by atoms with Crippen LogP contribution in [0.25, 0.3) is 0 Å². The molecule has 0 spiro atoms. The molecule has 102 valence electrons. The summed E-state index contributed by atoms with van der Waals surface area (Å²) in [5.41, 5.74) is -0.481. The van der Waals surface area contributed by atoms with Crippen LogP contribution in [0.5, 0.6) is 0 Å². The summed E-state index contributed by atoms with van der Waals surface area (Å²) in [6.07, 6.45) is 1.53. The predicted molar refractivity (Wildman–Crippen MR) is 68.5 cm³/mol. The van der Waals surface area contributed by atoms with E-state index in [-0.39, 0.29) is 16.1 Å². The molecule has 0 aromatic heterocycles. The van der Waals surface area contributed by atoms with E-state index in [9.17, 15) is 19.3 Å². The van der Waals surface area contributed by atoms with Gasteiger partial charge in [-0.3, -0.25) is 10.1 Å². The number of nitrogens with one attached hydrogen (secondary N) is 1. The Labute approximate surface area is 115 Å². The van der Waals surface area contributed by atoms with Crippen molar-refractivity contribution in [2.75, 3.05) is 5.32 Å². The number of nitro groups is 1. The number of rotatable bonds is 5. The summed E-state index contributed by atoms with van der Waals surface area (Å²) in [5.74, 6) is -1.88. The number of hydrogen-bond acceptors (Lipinski definition) is 4. The van der Waals surface area contributed by atoms with E-state index in [2.05, 4.69) is 21.2 Å². The van der Waals surface area contributed by atoms with Gasteiger partial charge in [0, 0.05) is 0 Å². The Morgan fingerprint density at radius 3 is 2.68 bits per heavy atom. The zero-order chi connectivity index (χ0) is 14.2. The van der Waals surface area contributed by atoms with E-state index >= 15 is 0 Å². The molecule has 1 aliphatic rings. The van der Waals surface area contributed by atoms with E-state index in [4.69, 9.17) is 5.11 Å². The van der Waals surface area contributed by atoms with Crippen LogP contribution in [0.15, 0.2) is 16.6 Å². The number of anilines is 1. The average Bonchev–Trinajstić information content (AvgIpc) is 3.13. The predicted octanol–water partition coefficient (Wildman–Crippen LogP) is 2.77. The van der Waals surface area contributed by atoms with Crippen LogP contribution in [0.2, 0.25) is 0 Å². The maximum absolute atomic E-state index is 13.3. The zero-order valence-corrected chi connectivity index (χ0v) is 11.2. The van der Waals surface area contributed by atoms with Gasteiger partial charge in [-0.2, -0.15) is 0 Å². The van der Waals surface area contributed by atoms with Crippen molar-refractivity contribution in [3.05, 3.63) is 32.5 Å². The van der Waals surface area contributed by atoms with E-state index in [1.54, 1.807) is 0 Å². The van der Waals surface area contributed by atoms with E-state index in [0.29, 0.717) is 0 Å². The van der Waals surface area contributed by atoms with Crippen LogP contribution in [0.4, 0.5) is 15.8 Å². The van der Waals surface area contributed by atoms with Gasteiger partial charge in [-0.1, -0.05) is 0 Å². The fraction of sp³-hybridized carbons (Fsp3) is 0.364. The van der Waals surface area contributed by atoms with E-state index in [1.165, 1.54) is 6.07 Å². The Morgan fingerprint density at radius 1 is 1.58 bits per heavy atom. The SMILES string of the molecule is O=C(O)C(Nc1cc(Br)c(F)cc1[N+](=O)[O-])C1CC1. The molecular weight excluding hydrogens is 323 g/mol. The molecule has 1 atom stereocenters. The molecule has 0 saturated heterocycles. The lowest BCUT2D eigenvalue weighted by Crippen LogP contribution is -2.31. The topological polar surface area (TPSA) is 92.5 Å². The van der Waals surface area contributed by atoms with Gasteiger partial charge in [0.1, 0.15) is 17.5 Å². The van der Waals surface area contributed by atoms with Gasteiger partial charge in [0.25, 0.3) is 5.69 Å². The molecule has 0 bridgehead atoms. The van der Waals surface area contributed by atoms with Crippen LogP contribution in [-0.2, 0) is 4.79 Å². The maximum atomic E-state index is 13.3. The first kappa shape index (κ1) is 13.7. The zero-order valence-electron chi connectivity index (χ0n) is 9.60. The highest BCUT2D eigenvalue weighted by atomic mass is 79.9. The van der Waals surface area contributed by atoms with Crippen molar-refractivity contribution in [3.8, 4) is 0 Å². The number of nitrogens with zero attached hydrogens (tertiary/aromatic N) is 1. The van der Waals surface area contributed by atoms with Crippen LogP contribution in [0, 0.1) is 21.8 Å². The summed E-state index contributed by atoms with van der Waals surface area (Å²) in [6, 6.07) is 1.06. The normalized spacial score (nSPS) is 15.9. The first-order chi connectivity index (χ1) is 8.90. The summed E-state index contributed by atoms with van der Waals surface area (Å²) in [7, 11) is 0. The first-order valence-corrected chi connectivity index (χ1v) is 6.32. The van der Waals surface area contributed by atoms with Gasteiger partial charge >= 0.3 is 5.97 Å². The van der Waals surface area contributed by atoms with Crippen molar-refractivity contribution in [2.24, 2.45) is 5.92 Å². The average molecular weight is 333 g/mol. The molecule has 8 heteroatoms. The first-order valence-electron chi connectivity index (χ1n) is 5.53. The molecule has 1 aliphatic carbocycles. The van der Waals surface area contributed by atoms with Crippen LogP contribution < -0.4 is 5.32 Å². The highest BCUT2D eigenvalue weighted by molar-refractivity contribution is 9.10. The molecule has 2 N–H and O–H groups in total. The van der Waals surface area contributed by atoms with Gasteiger partial charge in [-0.05, 0) is 40.8 Å². The Morgan fingerprint density at radius 2 is 2.21 bits per heavy atom. The van der Waals surface area contributed by atoms with Gasteiger partial charge in [0.2, 0.25) is 0 Å². The maximum Gasteiger partial charge on any atom is 0.326 e. The molecule has 19 heavy (non-hydrogen) atoms. The van der Waals surface area contributed by atoms with Crippen LogP contribution >= 0.6 is 15.9 Å². The molecule has 2 rings (SSSR count). The van der Waals surface area contributed by atoms with Crippen molar-refractivity contribution in [1.82, 2.24) is 0 Å². The Hall–Kier alpha value is -1.70. The molecule has 6 nitrogen and oxygen atoms in total. The second-order valence-corrected chi connectivity index (χ2v) is 5.19. The third kappa shape index (κ3) is 3.01. The number of halogens is 2. The molecule has 0 amide bonds. The van der Waals surface area contributed by atoms with Gasteiger partial charge in [-0.25, -0.2) is 9.18 Å². The fourth-order valence-corrected chi connectivity index (χ4v) is 2.12. The monoisotopic (exact) mass is 332 g/mol. The molecule has 1 fully saturated rings. The molecule has 1 aromatic carbocycles. The highest BCUT2D eigenvalue weighted by Gasteiger charge is 2.37. The van der Waals surface area contributed by atoms with Crippen LogP contribution in [0.3, 0.4) is 0 Å². The molecule has 0 aliphatic heterocycles. The van der Waals surface area contributed by atoms with Crippen molar-refractivity contribution < 1.29 is 19.2 Å². The number of carboxylic acids is 1. The molecular formula is C11H10BrFN2O4. The Balaban J connectivity index is 2.34. The largest absolute Gasteiger partial charge is 0.480 e. The minimum atomic E-state index is -1.07. The summed E-state index contributed by atoms with van der Waals surface area (Å²) in [4.78, 5) is 21.2. The Bertz CT molecular complexity index is 548. The van der Waals surface area contributed by atoms with E-state index in [0.717, 1.165) is 18.9 Å². The summed E-state index contributed by atoms with van der Waals surface area (Å²) < 4.78 is 13.3. The van der Waals surface area contributed by atoms with Gasteiger partial charge in [-0.15, -0.1) is 0 Å². The molecule has 1 saturated carbocycles. The van der Waals surface area contributed by atoms with Crippen molar-refractivity contribution in [2.45, 2.75) is 18.9 Å². The van der Waals surface area contributed by atoms with Gasteiger partial charge in [0.05, 0.1) is 15.5 Å². The van der Waals surface area contributed by atoms with E-state index < -0.39 is 28.4 Å². The Kier molecular flexibility index (Phi) is 3.70. The number of aliphatic carboxylic acids is 1. The fourth-order valence-electron chi connectivity index (χ4n) is 1.78. The van der Waals surface area contributed by atoms with Crippen LogP contribution in [0.1, 0.15) is 12.8 Å². The van der Waals surface area contributed by atoms with Crippen LogP contribution in [-0.4, -0.2) is 22.0 Å². The van der Waals surface area contributed by atoms with Crippen molar-refractivity contribution >= 4 is 33.3 Å². The quantitative estimate of drug-likeness (QED) is 0.638. The number of nitro benzene ring substituents is 1. The minimum absolute atomic E-state index is 0.00225. The van der Waals surface area contributed by atoms with Gasteiger partial charge in [0.15, 0.2) is 0 Å². The number of hydrogen-bond donors (Lipinski definition) is 2. The molecule has 0 radical (unpaired) electrons. The second kappa shape index (κ2) is 5.12. The number of benzene rings is 1. The van der Waals surface area contributed by atoms with Gasteiger partial charge < -0.3 is 10.4 Å². The molecule has 1 unspecified atom stereocenters. The lowest BCUT2D eigenvalue weighted by Gasteiger charge is -2.15. The third-order valence-corrected chi connectivity index (χ3v) is 3.51. The summed E-state index contributed by atoms with van der Waals surface area (Å²) in [6.45, 7) is 0. The van der Waals surface area contributed by atoms with Crippen molar-refractivity contribution in [1.29, 1.82) is 0 Å². The summed E-state index contributed by atoms with van der Waals surface area (Å²) in [5, 5.41) is 22.6. The standard InChI is InChI=1S/C11H10BrFN2O4/c12-6-3-8(9(15(18)19)4-7(6)13)14-10(11(16)17)5-1-2-5/h3-5,10,14H,1-2H2,(H,16,17). The number of carboxylic acid groups (broad SMARTS) is 1. The second-order valence-electron chi connectivity index (χ2n) is 4.34. The van der Waals surface area contributed by atoms with E-state index in [1.807, 2.05) is 0 Å². The lowest BCUT2D eigenvalue weighted by molar-refractivity contribution is -0.384. The van der Waals surface area contributed by atoms with Crippen molar-refractivity contribution in [3.63, 3.8) is 0 Å². The minimum Gasteiger partial charge on any atom is -0.480 e. The summed E-state index contributed by atoms with van der Waals surface area (Å²) >= 11 is 2.92. The molecule has 0 heterocycles. The smallest absolute Gasteiger partial charge is 0.326 e. The number of carbonyl (C=O) groups is 1. The lowest BCUT2D eigenvalue weighted by atomic mass is 10.1. The third-order valence-electron chi connectivity index (χ3n) is 2.91. The molecule has 1 aromatic rings. The highest BCUT2D eigenvalue weighted by Crippen LogP contribution is 2.37.